The van der Waals surface area contributed by atoms with E-state index in [1.807, 2.05) is 0 Å². The van der Waals surface area contributed by atoms with Crippen molar-refractivity contribution in [1.82, 2.24) is 0 Å². The molecule has 0 rings (SSSR count). The van der Waals surface area contributed by atoms with E-state index in [4.69, 9.17) is 11.1 Å². The quantitative estimate of drug-likeness (QED) is 0.315. The van der Waals surface area contributed by atoms with Crippen molar-refractivity contribution in [3.63, 3.8) is 0 Å². The van der Waals surface area contributed by atoms with E-state index in [2.05, 4.69) is 26.9 Å². The second kappa shape index (κ2) is 6.89. The lowest BCUT2D eigenvalue weighted by Gasteiger charge is -2.26. The molecule has 1 unspecified atom stereocenters. The molecule has 0 spiro atoms. The first-order valence-corrected chi connectivity index (χ1v) is 9.80. The summed E-state index contributed by atoms with van der Waals surface area (Å²) in [6, 6.07) is 0. The van der Waals surface area contributed by atoms with Crippen molar-refractivity contribution in [3.05, 3.63) is 0 Å². The predicted molar refractivity (Wildman–Crippen MR) is 66.1 cm³/mol. The van der Waals surface area contributed by atoms with Gasteiger partial charge in [0.15, 0.2) is 7.38 Å². The molecule has 0 aliphatic carbocycles. The molecule has 0 saturated carbocycles. The molecule has 0 amide bonds. The van der Waals surface area contributed by atoms with E-state index in [9.17, 15) is 0 Å². The van der Waals surface area contributed by atoms with Gasteiger partial charge in [-0.25, -0.2) is 0 Å². The third-order valence-corrected chi connectivity index (χ3v) is 6.21. The summed E-state index contributed by atoms with van der Waals surface area (Å²) in [7, 11) is -1.39. The highest BCUT2D eigenvalue weighted by atomic mass is 35.6. The number of unbranched alkanes of at least 4 members (excludes halogenated alkanes) is 2. The summed E-state index contributed by atoms with van der Waals surface area (Å²) in [4.78, 5) is 0. The summed E-state index contributed by atoms with van der Waals surface area (Å²) in [5.41, 5.74) is 0.839. The van der Waals surface area contributed by atoms with Gasteiger partial charge in [-0.05, 0) is 5.54 Å². The number of halogens is 1. The summed E-state index contributed by atoms with van der Waals surface area (Å²) < 4.78 is 0. The van der Waals surface area contributed by atoms with Crippen LogP contribution in [0.15, 0.2) is 0 Å². The van der Waals surface area contributed by atoms with Crippen LogP contribution in [0.5, 0.6) is 0 Å². The van der Waals surface area contributed by atoms with Gasteiger partial charge in [-0.1, -0.05) is 65.5 Å². The average Bonchev–Trinajstić information content (AvgIpc) is 2.01. The first-order valence-electron chi connectivity index (χ1n) is 5.71. The summed E-state index contributed by atoms with van der Waals surface area (Å²) >= 11 is 6.50. The molecular weight excluding hydrogens is 196 g/mol. The topological polar surface area (TPSA) is 0 Å². The number of hydrogen-bond acceptors (Lipinski definition) is 0. The van der Waals surface area contributed by atoms with E-state index < -0.39 is 7.38 Å². The number of rotatable bonds is 7. The summed E-state index contributed by atoms with van der Waals surface area (Å²) in [5, 5.41) is 0. The Hall–Kier alpha value is 0.507. The molecule has 2 heteroatoms. The zero-order valence-electron chi connectivity index (χ0n) is 9.70. The van der Waals surface area contributed by atoms with Crippen molar-refractivity contribution in [2.45, 2.75) is 71.0 Å². The monoisotopic (exact) mass is 220 g/mol. The van der Waals surface area contributed by atoms with E-state index in [0.717, 1.165) is 5.54 Å². The van der Waals surface area contributed by atoms with E-state index >= 15 is 0 Å². The first-order chi connectivity index (χ1) is 6.02. The number of hydrogen-bond donors (Lipinski definition) is 0. The van der Waals surface area contributed by atoms with Crippen molar-refractivity contribution in [3.8, 4) is 0 Å². The van der Waals surface area contributed by atoms with Crippen LogP contribution in [0, 0.1) is 0 Å². The van der Waals surface area contributed by atoms with E-state index in [1.165, 1.54) is 38.5 Å². The average molecular weight is 221 g/mol. The zero-order chi connectivity index (χ0) is 10.3. The van der Waals surface area contributed by atoms with Crippen LogP contribution in [0.1, 0.15) is 52.4 Å². The van der Waals surface area contributed by atoms with Gasteiger partial charge >= 0.3 is 0 Å². The van der Waals surface area contributed by atoms with Gasteiger partial charge in [-0.2, -0.15) is 11.1 Å². The minimum absolute atomic E-state index is 0.839. The van der Waals surface area contributed by atoms with Crippen molar-refractivity contribution < 1.29 is 0 Å². The van der Waals surface area contributed by atoms with Gasteiger partial charge < -0.3 is 0 Å². The van der Waals surface area contributed by atoms with Crippen LogP contribution in [0.4, 0.5) is 0 Å². The smallest absolute Gasteiger partial charge is 0.153 e. The Morgan fingerprint density at radius 3 is 2.00 bits per heavy atom. The van der Waals surface area contributed by atoms with Crippen molar-refractivity contribution in [1.29, 1.82) is 0 Å². The van der Waals surface area contributed by atoms with Gasteiger partial charge in [0.25, 0.3) is 0 Å². The zero-order valence-corrected chi connectivity index (χ0v) is 11.5. The molecule has 13 heavy (non-hydrogen) atoms. The second-order valence-corrected chi connectivity index (χ2v) is 11.4. The van der Waals surface area contributed by atoms with Gasteiger partial charge in [-0.15, -0.1) is 0 Å². The van der Waals surface area contributed by atoms with Gasteiger partial charge in [0.2, 0.25) is 0 Å². The highest BCUT2D eigenvalue weighted by Gasteiger charge is 2.28. The Balaban J connectivity index is 3.81. The maximum Gasteiger partial charge on any atom is 0.153 e. The van der Waals surface area contributed by atoms with Gasteiger partial charge in [-0.3, -0.25) is 0 Å². The molecule has 0 bridgehead atoms. The van der Waals surface area contributed by atoms with Crippen molar-refractivity contribution >= 4 is 18.5 Å². The highest BCUT2D eigenvalue weighted by Crippen LogP contribution is 2.34. The lowest BCUT2D eigenvalue weighted by molar-refractivity contribution is 0.591. The molecule has 0 aromatic carbocycles. The fraction of sp³-hybridized carbons (Fsp3) is 1.00. The third kappa shape index (κ3) is 6.56. The fourth-order valence-electron chi connectivity index (χ4n) is 1.82. The van der Waals surface area contributed by atoms with Crippen LogP contribution in [-0.2, 0) is 0 Å². The molecule has 0 radical (unpaired) electrons. The third-order valence-electron chi connectivity index (χ3n) is 2.76. The minimum Gasteiger partial charge on any atom is -0.167 e. The SMILES string of the molecule is CCCCCC(CCC)[Si](C)(C)Cl. The summed E-state index contributed by atoms with van der Waals surface area (Å²) in [5.74, 6) is 0. The van der Waals surface area contributed by atoms with Gasteiger partial charge in [0.05, 0.1) is 0 Å². The van der Waals surface area contributed by atoms with E-state index in [-0.39, 0.29) is 0 Å². The van der Waals surface area contributed by atoms with Gasteiger partial charge in [0, 0.05) is 0 Å². The summed E-state index contributed by atoms with van der Waals surface area (Å²) in [6.45, 7) is 9.11. The Morgan fingerprint density at radius 1 is 1.00 bits per heavy atom. The van der Waals surface area contributed by atoms with Crippen LogP contribution in [0.3, 0.4) is 0 Å². The Morgan fingerprint density at radius 2 is 1.62 bits per heavy atom. The fourth-order valence-corrected chi connectivity index (χ4v) is 4.34. The molecule has 0 aromatic rings. The van der Waals surface area contributed by atoms with Crippen molar-refractivity contribution in [2.75, 3.05) is 0 Å². The Labute approximate surface area is 89.8 Å². The lowest BCUT2D eigenvalue weighted by atomic mass is 10.1. The first kappa shape index (κ1) is 13.5. The molecule has 0 heterocycles. The highest BCUT2D eigenvalue weighted by molar-refractivity contribution is 7.19. The standard InChI is InChI=1S/C11H25ClSi/c1-5-7-8-10-11(9-6-2)13(3,4)12/h11H,5-10H2,1-4H3. The van der Waals surface area contributed by atoms with Crippen LogP contribution < -0.4 is 0 Å². The largest absolute Gasteiger partial charge is 0.167 e. The predicted octanol–water partition coefficient (Wildman–Crippen LogP) is 5.18. The van der Waals surface area contributed by atoms with Crippen LogP contribution in [0.25, 0.3) is 0 Å². The van der Waals surface area contributed by atoms with E-state index in [0.29, 0.717) is 0 Å². The lowest BCUT2D eigenvalue weighted by Crippen LogP contribution is -2.25. The maximum absolute atomic E-state index is 6.50. The Kier molecular flexibility index (Phi) is 7.16. The minimum atomic E-state index is -1.39. The van der Waals surface area contributed by atoms with Crippen LogP contribution in [-0.4, -0.2) is 7.38 Å². The molecule has 0 fully saturated rings. The molecule has 1 atom stereocenters. The maximum atomic E-state index is 6.50. The molecular formula is C11H25ClSi. The van der Waals surface area contributed by atoms with Crippen molar-refractivity contribution in [2.24, 2.45) is 0 Å². The molecule has 80 valence electrons. The van der Waals surface area contributed by atoms with Crippen LogP contribution in [0.2, 0.25) is 18.6 Å². The summed E-state index contributed by atoms with van der Waals surface area (Å²) in [6.07, 6.45) is 8.08. The van der Waals surface area contributed by atoms with Crippen LogP contribution >= 0.6 is 11.1 Å². The Bertz CT molecular complexity index is 118. The normalized spacial score (nSPS) is 14.5. The van der Waals surface area contributed by atoms with Gasteiger partial charge in [0.1, 0.15) is 0 Å². The molecule has 0 aliphatic heterocycles. The molecule has 0 aliphatic rings. The molecule has 0 N–H and O–H groups in total. The molecule has 0 nitrogen and oxygen atoms in total. The molecule has 0 saturated heterocycles. The second-order valence-electron chi connectivity index (χ2n) is 4.55. The molecule has 0 aromatic heterocycles. The van der Waals surface area contributed by atoms with E-state index in [1.54, 1.807) is 0 Å².